The Kier molecular flexibility index (Phi) is 10.2. The fourth-order valence-corrected chi connectivity index (χ4v) is 1.36. The van der Waals surface area contributed by atoms with Gasteiger partial charge in [-0.25, -0.2) is 0 Å². The minimum absolute atomic E-state index is 0. The first-order valence-corrected chi connectivity index (χ1v) is 5.59. The Morgan fingerprint density at radius 3 is 1.14 bits per heavy atom. The molecule has 2 rings (SSSR count). The van der Waals surface area contributed by atoms with Gasteiger partial charge < -0.3 is 21.7 Å². The van der Waals surface area contributed by atoms with Gasteiger partial charge in [0.05, 0.1) is 11.1 Å². The molecule has 0 aliphatic rings. The first-order chi connectivity index (χ1) is 9.43. The lowest BCUT2D eigenvalue weighted by atomic mass is 10.2. The molecule has 2 aromatic rings. The first kappa shape index (κ1) is 21.9. The van der Waals surface area contributed by atoms with E-state index in [1.54, 1.807) is 24.3 Å². The summed E-state index contributed by atoms with van der Waals surface area (Å²) in [5.74, 6) is -1.37. The molecule has 0 aliphatic carbocycles. The van der Waals surface area contributed by atoms with Crippen LogP contribution in [0.2, 0.25) is 0 Å². The third-order valence-corrected chi connectivity index (χ3v) is 2.34. The molecule has 6 nitrogen and oxygen atoms in total. The lowest BCUT2D eigenvalue weighted by Crippen LogP contribution is -2.10. The zero-order valence-electron chi connectivity index (χ0n) is 11.3. The van der Waals surface area contributed by atoms with Gasteiger partial charge >= 0.3 is 0 Å². The van der Waals surface area contributed by atoms with Crippen molar-refractivity contribution in [3.63, 3.8) is 0 Å². The normalized spacial score (nSPS) is 8.36. The van der Waals surface area contributed by atoms with E-state index in [0.717, 1.165) is 0 Å². The zero-order chi connectivity index (χ0) is 15.1. The molecule has 0 saturated carbocycles. The van der Waals surface area contributed by atoms with E-state index in [0.29, 0.717) is 0 Å². The average Bonchev–Trinajstić information content (AvgIpc) is 2.40. The van der Waals surface area contributed by atoms with Gasteiger partial charge in [-0.15, -0.1) is 24.8 Å². The summed E-state index contributed by atoms with van der Waals surface area (Å²) < 4.78 is 0. The Balaban J connectivity index is 0. The number of halogens is 2. The highest BCUT2D eigenvalue weighted by Crippen LogP contribution is 2.14. The molecule has 22 heavy (non-hydrogen) atoms. The molecule has 6 N–H and O–H groups in total. The van der Waals surface area contributed by atoms with E-state index in [-0.39, 0.29) is 47.4 Å². The number of nitrogens with two attached hydrogens (primary N) is 2. The summed E-state index contributed by atoms with van der Waals surface area (Å²) in [6.07, 6.45) is 0. The number of carbonyl (C=O) groups is 2. The van der Waals surface area contributed by atoms with Crippen molar-refractivity contribution in [1.29, 1.82) is 0 Å². The van der Waals surface area contributed by atoms with Crippen molar-refractivity contribution in [2.75, 3.05) is 0 Å². The van der Waals surface area contributed by atoms with Crippen LogP contribution in [0.5, 0.6) is 11.5 Å². The maximum atomic E-state index is 10.5. The van der Waals surface area contributed by atoms with Crippen molar-refractivity contribution in [2.45, 2.75) is 0 Å². The van der Waals surface area contributed by atoms with Crippen LogP contribution in [0.1, 0.15) is 20.7 Å². The van der Waals surface area contributed by atoms with Gasteiger partial charge in [-0.05, 0) is 24.3 Å². The molecule has 0 unspecified atom stereocenters. The molecule has 0 aliphatic heterocycles. The highest BCUT2D eigenvalue weighted by atomic mass is 35.5. The van der Waals surface area contributed by atoms with E-state index in [1.165, 1.54) is 24.3 Å². The van der Waals surface area contributed by atoms with E-state index < -0.39 is 11.8 Å². The molecule has 0 heterocycles. The van der Waals surface area contributed by atoms with Crippen molar-refractivity contribution < 1.29 is 19.8 Å². The fourth-order valence-electron chi connectivity index (χ4n) is 1.36. The zero-order valence-corrected chi connectivity index (χ0v) is 12.9. The standard InChI is InChI=1S/2C7H7NO2.2ClH/c2*8-7(10)5-3-1-2-4-6(5)9;;/h2*1-4,9H,(H2,8,10);2*1H. The number of rotatable bonds is 2. The number of benzene rings is 2. The Morgan fingerprint density at radius 2 is 0.955 bits per heavy atom. The van der Waals surface area contributed by atoms with Gasteiger partial charge in [0.15, 0.2) is 0 Å². The molecule has 0 saturated heterocycles. The third kappa shape index (κ3) is 6.34. The van der Waals surface area contributed by atoms with Crippen LogP contribution in [0.4, 0.5) is 0 Å². The SMILES string of the molecule is Cl.Cl.NC(=O)c1ccccc1O.NC(=O)c1ccccc1O. The molecule has 0 spiro atoms. The number of amides is 2. The number of carbonyl (C=O) groups excluding carboxylic acids is 2. The summed E-state index contributed by atoms with van der Waals surface area (Å²) in [6, 6.07) is 12.3. The van der Waals surface area contributed by atoms with Gasteiger partial charge in [-0.1, -0.05) is 24.3 Å². The molecule has 2 amide bonds. The smallest absolute Gasteiger partial charge is 0.252 e. The second kappa shape index (κ2) is 10.3. The first-order valence-electron chi connectivity index (χ1n) is 5.59. The van der Waals surface area contributed by atoms with E-state index in [9.17, 15) is 9.59 Å². The van der Waals surface area contributed by atoms with Crippen LogP contribution in [0.15, 0.2) is 48.5 Å². The largest absolute Gasteiger partial charge is 0.507 e. The minimum Gasteiger partial charge on any atom is -0.507 e. The maximum absolute atomic E-state index is 10.5. The molecular formula is C14H16Cl2N2O4. The Morgan fingerprint density at radius 1 is 0.682 bits per heavy atom. The molecule has 0 radical (unpaired) electrons. The topological polar surface area (TPSA) is 127 Å². The number of primary amides is 2. The summed E-state index contributed by atoms with van der Waals surface area (Å²) >= 11 is 0. The lowest BCUT2D eigenvalue weighted by Gasteiger charge is -1.96. The van der Waals surface area contributed by atoms with Gasteiger partial charge in [0.25, 0.3) is 11.8 Å². The second-order valence-electron chi connectivity index (χ2n) is 3.76. The van der Waals surface area contributed by atoms with Crippen molar-refractivity contribution in [3.8, 4) is 11.5 Å². The Hall–Kier alpha value is -2.44. The van der Waals surface area contributed by atoms with E-state index in [4.69, 9.17) is 21.7 Å². The fraction of sp³-hybridized carbons (Fsp3) is 0. The molecule has 0 aromatic heterocycles. The summed E-state index contributed by atoms with van der Waals surface area (Å²) in [5, 5.41) is 18.0. The molecular weight excluding hydrogens is 331 g/mol. The van der Waals surface area contributed by atoms with Crippen LogP contribution in [-0.4, -0.2) is 22.0 Å². The van der Waals surface area contributed by atoms with Crippen LogP contribution < -0.4 is 11.5 Å². The molecule has 0 bridgehead atoms. The van der Waals surface area contributed by atoms with Crippen LogP contribution >= 0.6 is 24.8 Å². The minimum atomic E-state index is -0.613. The van der Waals surface area contributed by atoms with Crippen molar-refractivity contribution in [3.05, 3.63) is 59.7 Å². The lowest BCUT2D eigenvalue weighted by molar-refractivity contribution is 0.0989. The highest BCUT2D eigenvalue weighted by Gasteiger charge is 2.04. The number of para-hydroxylation sites is 2. The summed E-state index contributed by atoms with van der Waals surface area (Å²) in [5.41, 5.74) is 10.1. The third-order valence-electron chi connectivity index (χ3n) is 2.34. The number of aromatic hydroxyl groups is 2. The molecule has 2 aromatic carbocycles. The number of hydrogen-bond donors (Lipinski definition) is 4. The number of phenols is 2. The summed E-state index contributed by atoms with van der Waals surface area (Å²) in [4.78, 5) is 21.0. The van der Waals surface area contributed by atoms with Crippen molar-refractivity contribution in [2.24, 2.45) is 11.5 Å². The van der Waals surface area contributed by atoms with E-state index >= 15 is 0 Å². The predicted molar refractivity (Wildman–Crippen MR) is 87.7 cm³/mol. The van der Waals surface area contributed by atoms with Gasteiger partial charge in [0.2, 0.25) is 0 Å². The van der Waals surface area contributed by atoms with Crippen LogP contribution in [0.25, 0.3) is 0 Å². The van der Waals surface area contributed by atoms with Gasteiger partial charge in [0.1, 0.15) is 11.5 Å². The average molecular weight is 347 g/mol. The quantitative estimate of drug-likeness (QED) is 0.661. The van der Waals surface area contributed by atoms with E-state index in [2.05, 4.69) is 0 Å². The monoisotopic (exact) mass is 346 g/mol. The van der Waals surface area contributed by atoms with E-state index in [1.807, 2.05) is 0 Å². The Bertz CT molecular complexity index is 580. The van der Waals surface area contributed by atoms with Gasteiger partial charge in [0, 0.05) is 0 Å². The van der Waals surface area contributed by atoms with Crippen LogP contribution in [0.3, 0.4) is 0 Å². The van der Waals surface area contributed by atoms with Crippen molar-refractivity contribution >= 4 is 36.6 Å². The van der Waals surface area contributed by atoms with Gasteiger partial charge in [-0.2, -0.15) is 0 Å². The molecule has 0 atom stereocenters. The molecule has 8 heteroatoms. The highest BCUT2D eigenvalue weighted by molar-refractivity contribution is 5.95. The van der Waals surface area contributed by atoms with Crippen molar-refractivity contribution in [1.82, 2.24) is 0 Å². The molecule has 120 valence electrons. The second-order valence-corrected chi connectivity index (χ2v) is 3.76. The summed E-state index contributed by atoms with van der Waals surface area (Å²) in [6.45, 7) is 0. The van der Waals surface area contributed by atoms with Gasteiger partial charge in [-0.3, -0.25) is 9.59 Å². The number of hydrogen-bond acceptors (Lipinski definition) is 4. The van der Waals surface area contributed by atoms with Crippen LogP contribution in [-0.2, 0) is 0 Å². The molecule has 0 fully saturated rings. The van der Waals surface area contributed by atoms with Crippen LogP contribution in [0, 0.1) is 0 Å². The Labute approximate surface area is 139 Å². The predicted octanol–water partition coefficient (Wildman–Crippen LogP) is 1.83. The maximum Gasteiger partial charge on any atom is 0.252 e. The summed E-state index contributed by atoms with van der Waals surface area (Å²) in [7, 11) is 0.